The molecule has 0 rings (SSSR count). The molecule has 0 aromatic heterocycles. The summed E-state index contributed by atoms with van der Waals surface area (Å²) in [5.41, 5.74) is 0. The van der Waals surface area contributed by atoms with E-state index >= 15 is 0 Å². The molecule has 186 valence electrons. The number of rotatable bonds is 22. The van der Waals surface area contributed by atoms with E-state index in [1.54, 1.807) is 0 Å². The molecule has 0 aromatic rings. The largest absolute Gasteiger partial charge is 0.472 e. The quantitative estimate of drug-likeness (QED) is 0.100. The lowest BCUT2D eigenvalue weighted by Gasteiger charge is -2.24. The first-order valence-corrected chi connectivity index (χ1v) is 13.5. The average molecular weight is 467 g/mol. The Kier molecular flexibility index (Phi) is 19.1. The molecule has 0 saturated carbocycles. The molecule has 0 spiro atoms. The van der Waals surface area contributed by atoms with E-state index in [1.807, 2.05) is 21.1 Å². The van der Waals surface area contributed by atoms with Gasteiger partial charge in [-0.15, -0.1) is 0 Å². The first-order valence-electron chi connectivity index (χ1n) is 12.0. The molecular formula is C23H49NO6P+. The molecule has 0 saturated heterocycles. The number of aliphatic hydroxyl groups excluding tert-OH is 1. The lowest BCUT2D eigenvalue weighted by molar-refractivity contribution is -0.870. The highest BCUT2D eigenvalue weighted by molar-refractivity contribution is 7.47. The minimum absolute atomic E-state index is 0.0868. The van der Waals surface area contributed by atoms with Gasteiger partial charge in [-0.3, -0.25) is 9.05 Å². The maximum absolute atomic E-state index is 11.8. The standard InChI is InChI=1S/C23H48NO6P/c1-5-6-7-8-9-10-11-12-13-14-15-16-17-19-28-21-23(25)22-30-31(26,27)29-20-18-24(2,3)4/h9-10,23,25H,5-8,11-22H2,1-4H3/p+1/b10-9-. The molecule has 0 bridgehead atoms. The van der Waals surface area contributed by atoms with Crippen molar-refractivity contribution < 1.29 is 32.8 Å². The Morgan fingerprint density at radius 2 is 1.42 bits per heavy atom. The number of ether oxygens (including phenoxy) is 1. The highest BCUT2D eigenvalue weighted by Crippen LogP contribution is 2.43. The minimum atomic E-state index is -4.14. The van der Waals surface area contributed by atoms with Crippen LogP contribution in [0.15, 0.2) is 12.2 Å². The van der Waals surface area contributed by atoms with Gasteiger partial charge in [-0.25, -0.2) is 4.57 Å². The van der Waals surface area contributed by atoms with E-state index in [-0.39, 0.29) is 19.8 Å². The van der Waals surface area contributed by atoms with Crippen LogP contribution in [0.2, 0.25) is 0 Å². The predicted octanol–water partition coefficient (Wildman–Crippen LogP) is 5.07. The van der Waals surface area contributed by atoms with Crippen molar-refractivity contribution in [2.24, 2.45) is 0 Å². The Labute approximate surface area is 191 Å². The summed E-state index contributed by atoms with van der Waals surface area (Å²) in [6, 6.07) is 0. The molecule has 0 fully saturated rings. The highest BCUT2D eigenvalue weighted by Gasteiger charge is 2.24. The topological polar surface area (TPSA) is 85.2 Å². The zero-order valence-corrected chi connectivity index (χ0v) is 21.4. The maximum atomic E-state index is 11.8. The Balaban J connectivity index is 3.48. The van der Waals surface area contributed by atoms with Gasteiger partial charge < -0.3 is 19.2 Å². The maximum Gasteiger partial charge on any atom is 0.472 e. The Morgan fingerprint density at radius 1 is 0.839 bits per heavy atom. The number of allylic oxidation sites excluding steroid dienone is 2. The third kappa shape index (κ3) is 24.2. The molecule has 7 nitrogen and oxygen atoms in total. The number of unbranched alkanes of at least 4 members (excludes halogenated alkanes) is 9. The van der Waals surface area contributed by atoms with Gasteiger partial charge in [0.2, 0.25) is 0 Å². The molecule has 0 radical (unpaired) electrons. The highest BCUT2D eigenvalue weighted by atomic mass is 31.2. The summed E-state index contributed by atoms with van der Waals surface area (Å²) in [5.74, 6) is 0. The zero-order chi connectivity index (χ0) is 23.4. The predicted molar refractivity (Wildman–Crippen MR) is 127 cm³/mol. The third-order valence-corrected chi connectivity index (χ3v) is 5.79. The van der Waals surface area contributed by atoms with Crippen LogP contribution >= 0.6 is 7.82 Å². The second-order valence-corrected chi connectivity index (χ2v) is 10.7. The molecule has 0 aromatic carbocycles. The van der Waals surface area contributed by atoms with E-state index in [0.29, 0.717) is 17.6 Å². The van der Waals surface area contributed by atoms with Gasteiger partial charge in [0.05, 0.1) is 34.4 Å². The van der Waals surface area contributed by atoms with Crippen LogP contribution in [0.1, 0.15) is 77.6 Å². The number of phosphoric acid groups is 1. The summed E-state index contributed by atoms with van der Waals surface area (Å²) in [5, 5.41) is 9.82. The number of quaternary nitrogens is 1. The van der Waals surface area contributed by atoms with Crippen molar-refractivity contribution in [2.45, 2.75) is 83.7 Å². The van der Waals surface area contributed by atoms with E-state index in [1.165, 1.54) is 57.8 Å². The number of phosphoric ester groups is 1. The fourth-order valence-corrected chi connectivity index (χ4v) is 3.58. The third-order valence-electron chi connectivity index (χ3n) is 4.81. The summed E-state index contributed by atoms with van der Waals surface area (Å²) >= 11 is 0. The molecule has 0 aliphatic carbocycles. The van der Waals surface area contributed by atoms with Crippen LogP contribution in [-0.2, 0) is 18.3 Å². The second-order valence-electron chi connectivity index (χ2n) is 9.22. The van der Waals surface area contributed by atoms with Crippen LogP contribution < -0.4 is 0 Å². The fraction of sp³-hybridized carbons (Fsp3) is 0.913. The summed E-state index contributed by atoms with van der Waals surface area (Å²) in [6.07, 6.45) is 17.1. The van der Waals surface area contributed by atoms with E-state index in [4.69, 9.17) is 13.8 Å². The van der Waals surface area contributed by atoms with E-state index in [2.05, 4.69) is 19.1 Å². The molecule has 2 atom stereocenters. The van der Waals surface area contributed by atoms with Crippen molar-refractivity contribution in [1.29, 1.82) is 0 Å². The Bertz CT molecular complexity index is 481. The molecule has 0 aliphatic rings. The van der Waals surface area contributed by atoms with Gasteiger partial charge in [-0.1, -0.05) is 57.6 Å². The van der Waals surface area contributed by atoms with E-state index in [9.17, 15) is 14.6 Å². The number of hydrogen-bond acceptors (Lipinski definition) is 5. The van der Waals surface area contributed by atoms with Crippen molar-refractivity contribution >= 4 is 7.82 Å². The second kappa shape index (κ2) is 19.2. The Hall–Kier alpha value is -0.270. The van der Waals surface area contributed by atoms with Gasteiger partial charge in [0.1, 0.15) is 19.3 Å². The minimum Gasteiger partial charge on any atom is -0.388 e. The molecule has 2 unspecified atom stereocenters. The van der Waals surface area contributed by atoms with E-state index in [0.717, 1.165) is 12.8 Å². The van der Waals surface area contributed by atoms with E-state index < -0.39 is 13.9 Å². The summed E-state index contributed by atoms with van der Waals surface area (Å²) in [4.78, 5) is 9.61. The smallest absolute Gasteiger partial charge is 0.388 e. The van der Waals surface area contributed by atoms with Crippen molar-refractivity contribution in [3.8, 4) is 0 Å². The van der Waals surface area contributed by atoms with Crippen molar-refractivity contribution in [3.05, 3.63) is 12.2 Å². The van der Waals surface area contributed by atoms with Crippen LogP contribution in [0.3, 0.4) is 0 Å². The lowest BCUT2D eigenvalue weighted by atomic mass is 10.1. The molecule has 0 heterocycles. The normalized spacial score (nSPS) is 15.4. The van der Waals surface area contributed by atoms with Gasteiger partial charge in [0.25, 0.3) is 0 Å². The van der Waals surface area contributed by atoms with Crippen LogP contribution in [0.4, 0.5) is 0 Å². The van der Waals surface area contributed by atoms with Crippen molar-refractivity contribution in [3.63, 3.8) is 0 Å². The number of hydrogen-bond donors (Lipinski definition) is 2. The molecular weight excluding hydrogens is 417 g/mol. The number of nitrogens with zero attached hydrogens (tertiary/aromatic N) is 1. The molecule has 2 N–H and O–H groups in total. The number of aliphatic hydroxyl groups is 1. The first kappa shape index (κ1) is 30.7. The molecule has 0 amide bonds. The average Bonchev–Trinajstić information content (AvgIpc) is 2.68. The fourth-order valence-electron chi connectivity index (χ4n) is 2.84. The van der Waals surface area contributed by atoms with Gasteiger partial charge in [0, 0.05) is 6.61 Å². The van der Waals surface area contributed by atoms with Crippen LogP contribution in [-0.4, -0.2) is 74.7 Å². The van der Waals surface area contributed by atoms with Gasteiger partial charge >= 0.3 is 7.82 Å². The summed E-state index contributed by atoms with van der Waals surface area (Å²) in [7, 11) is 1.75. The van der Waals surface area contributed by atoms with Gasteiger partial charge in [-0.05, 0) is 32.1 Å². The van der Waals surface area contributed by atoms with Gasteiger partial charge in [-0.2, -0.15) is 0 Å². The summed E-state index contributed by atoms with van der Waals surface area (Å²) in [6.45, 7) is 3.30. The lowest BCUT2D eigenvalue weighted by Crippen LogP contribution is -2.37. The monoisotopic (exact) mass is 466 g/mol. The number of likely N-dealkylation sites (N-methyl/N-ethyl adjacent to an activating group) is 1. The zero-order valence-electron chi connectivity index (χ0n) is 20.5. The SMILES string of the molecule is CCCCC/C=C\CCCCCCCCOCC(O)COP(=O)(O)OCC[N+](C)(C)C. The van der Waals surface area contributed by atoms with Crippen LogP contribution in [0, 0.1) is 0 Å². The van der Waals surface area contributed by atoms with Gasteiger partial charge in [0.15, 0.2) is 0 Å². The van der Waals surface area contributed by atoms with Crippen LogP contribution in [0.25, 0.3) is 0 Å². The first-order chi connectivity index (χ1) is 14.7. The summed E-state index contributed by atoms with van der Waals surface area (Å²) < 4.78 is 27.5. The van der Waals surface area contributed by atoms with Crippen molar-refractivity contribution in [1.82, 2.24) is 0 Å². The van der Waals surface area contributed by atoms with Crippen LogP contribution in [0.5, 0.6) is 0 Å². The molecule has 0 aliphatic heterocycles. The Morgan fingerprint density at radius 3 is 2.03 bits per heavy atom. The van der Waals surface area contributed by atoms with Crippen molar-refractivity contribution in [2.75, 3.05) is 54.1 Å². The molecule has 31 heavy (non-hydrogen) atoms. The molecule has 8 heteroatoms.